The Morgan fingerprint density at radius 1 is 1.18 bits per heavy atom. The third-order valence-corrected chi connectivity index (χ3v) is 3.71. The molecule has 1 aromatic rings. The lowest BCUT2D eigenvalue weighted by Gasteiger charge is -2.30. The zero-order valence-corrected chi connectivity index (χ0v) is 12.1. The van der Waals surface area contributed by atoms with Crippen LogP contribution in [0.4, 0.5) is 0 Å². The van der Waals surface area contributed by atoms with Gasteiger partial charge < -0.3 is 5.11 Å². The highest BCUT2D eigenvalue weighted by Gasteiger charge is 2.24. The van der Waals surface area contributed by atoms with Gasteiger partial charge >= 0.3 is 0 Å². The van der Waals surface area contributed by atoms with Crippen molar-refractivity contribution in [2.45, 2.75) is 54.4 Å². The van der Waals surface area contributed by atoms with Gasteiger partial charge in [0.05, 0.1) is 0 Å². The van der Waals surface area contributed by atoms with Crippen molar-refractivity contribution >= 4 is 0 Å². The van der Waals surface area contributed by atoms with Gasteiger partial charge in [-0.15, -0.1) is 0 Å². The molecule has 1 aromatic carbocycles. The average Bonchev–Trinajstić information content (AvgIpc) is 2.19. The molecule has 0 radical (unpaired) electrons. The summed E-state index contributed by atoms with van der Waals surface area (Å²) in [6.45, 7) is 13.1. The second kappa shape index (κ2) is 5.12. The lowest BCUT2D eigenvalue weighted by Crippen LogP contribution is -2.22. The Balaban J connectivity index is 3.02. The van der Waals surface area contributed by atoms with Crippen molar-refractivity contribution in [3.05, 3.63) is 28.8 Å². The van der Waals surface area contributed by atoms with E-state index in [1.807, 2.05) is 13.0 Å². The van der Waals surface area contributed by atoms with Gasteiger partial charge in [0.1, 0.15) is 5.75 Å². The van der Waals surface area contributed by atoms with Gasteiger partial charge in [0.15, 0.2) is 0 Å². The van der Waals surface area contributed by atoms with Crippen molar-refractivity contribution in [2.24, 2.45) is 11.3 Å². The van der Waals surface area contributed by atoms with Crippen molar-refractivity contribution in [2.75, 3.05) is 0 Å². The highest BCUT2D eigenvalue weighted by Crippen LogP contribution is 2.35. The highest BCUT2D eigenvalue weighted by molar-refractivity contribution is 5.42. The van der Waals surface area contributed by atoms with Gasteiger partial charge in [0.25, 0.3) is 0 Å². The molecule has 0 saturated carbocycles. The Labute approximate surface area is 106 Å². The van der Waals surface area contributed by atoms with E-state index in [1.165, 1.54) is 5.56 Å². The molecule has 1 nitrogen and oxygen atoms in total. The van der Waals surface area contributed by atoms with Crippen molar-refractivity contribution in [1.29, 1.82) is 0 Å². The summed E-state index contributed by atoms with van der Waals surface area (Å²) in [5.41, 5.74) is 3.62. The van der Waals surface area contributed by atoms with E-state index in [1.54, 1.807) is 0 Å². The van der Waals surface area contributed by atoms with Crippen molar-refractivity contribution in [1.82, 2.24) is 0 Å². The molecule has 1 rings (SSSR count). The maximum atomic E-state index is 10.1. The van der Waals surface area contributed by atoms with E-state index >= 15 is 0 Å². The van der Waals surface area contributed by atoms with Gasteiger partial charge in [-0.25, -0.2) is 0 Å². The molecule has 0 spiro atoms. The number of aromatic hydroxyl groups is 1. The summed E-state index contributed by atoms with van der Waals surface area (Å²) in [5, 5.41) is 10.1. The second-order valence-electron chi connectivity index (χ2n) is 6.26. The number of rotatable bonds is 3. The summed E-state index contributed by atoms with van der Waals surface area (Å²) in [4.78, 5) is 0. The molecule has 96 valence electrons. The highest BCUT2D eigenvalue weighted by atomic mass is 16.3. The lowest BCUT2D eigenvalue weighted by molar-refractivity contribution is 0.230. The van der Waals surface area contributed by atoms with Gasteiger partial charge in [-0.1, -0.05) is 51.8 Å². The van der Waals surface area contributed by atoms with Crippen LogP contribution < -0.4 is 0 Å². The van der Waals surface area contributed by atoms with E-state index in [4.69, 9.17) is 0 Å². The third-order valence-electron chi connectivity index (χ3n) is 3.71. The number of aryl methyl sites for hydroxylation is 2. The first-order valence-corrected chi connectivity index (χ1v) is 6.54. The Kier molecular flexibility index (Phi) is 4.24. The van der Waals surface area contributed by atoms with Crippen molar-refractivity contribution in [3.8, 4) is 5.75 Å². The Bertz CT molecular complexity index is 385. The predicted octanol–water partition coefficient (Wildman–Crippen LogP) is 4.62. The maximum Gasteiger partial charge on any atom is 0.121 e. The molecular formula is C16H26O. The van der Waals surface area contributed by atoms with Crippen LogP contribution in [-0.4, -0.2) is 5.11 Å². The molecule has 0 aliphatic carbocycles. The van der Waals surface area contributed by atoms with Crippen LogP contribution in [-0.2, 0) is 6.42 Å². The largest absolute Gasteiger partial charge is 0.507 e. The Morgan fingerprint density at radius 3 is 2.24 bits per heavy atom. The quantitative estimate of drug-likeness (QED) is 0.809. The molecule has 17 heavy (non-hydrogen) atoms. The first kappa shape index (κ1) is 14.1. The normalized spacial score (nSPS) is 13.8. The van der Waals surface area contributed by atoms with Crippen LogP contribution in [0, 0.1) is 25.2 Å². The fraction of sp³-hybridized carbons (Fsp3) is 0.625. The molecule has 0 amide bonds. The molecule has 1 atom stereocenters. The van der Waals surface area contributed by atoms with E-state index in [-0.39, 0.29) is 0 Å². The molecule has 0 heterocycles. The zero-order valence-electron chi connectivity index (χ0n) is 12.1. The van der Waals surface area contributed by atoms with E-state index in [0.29, 0.717) is 17.1 Å². The summed E-state index contributed by atoms with van der Waals surface area (Å²) in [5.74, 6) is 1.09. The van der Waals surface area contributed by atoms with Gasteiger partial charge in [-0.05, 0) is 42.7 Å². The van der Waals surface area contributed by atoms with Gasteiger partial charge in [0, 0.05) is 0 Å². The Morgan fingerprint density at radius 2 is 1.76 bits per heavy atom. The lowest BCUT2D eigenvalue weighted by atomic mass is 9.75. The molecule has 0 fully saturated rings. The summed E-state index contributed by atoms with van der Waals surface area (Å²) >= 11 is 0. The van der Waals surface area contributed by atoms with Gasteiger partial charge in [0.2, 0.25) is 0 Å². The molecular weight excluding hydrogens is 208 g/mol. The van der Waals surface area contributed by atoms with Crippen LogP contribution in [0.15, 0.2) is 12.1 Å². The van der Waals surface area contributed by atoms with E-state index in [9.17, 15) is 5.11 Å². The second-order valence-corrected chi connectivity index (χ2v) is 6.26. The summed E-state index contributed by atoms with van der Waals surface area (Å²) in [7, 11) is 0. The maximum absolute atomic E-state index is 10.1. The van der Waals surface area contributed by atoms with Gasteiger partial charge in [-0.3, -0.25) is 0 Å². The van der Waals surface area contributed by atoms with E-state index in [2.05, 4.69) is 40.7 Å². The van der Waals surface area contributed by atoms with Gasteiger partial charge in [-0.2, -0.15) is 0 Å². The van der Waals surface area contributed by atoms with Crippen LogP contribution in [0.2, 0.25) is 0 Å². The molecule has 1 unspecified atom stereocenters. The first-order valence-electron chi connectivity index (χ1n) is 6.54. The minimum absolute atomic E-state index is 0.291. The molecule has 1 N–H and O–H groups in total. The minimum Gasteiger partial charge on any atom is -0.507 e. The van der Waals surface area contributed by atoms with Crippen LogP contribution in [0.3, 0.4) is 0 Å². The molecule has 0 bridgehead atoms. The monoisotopic (exact) mass is 234 g/mol. The zero-order chi connectivity index (χ0) is 13.2. The summed E-state index contributed by atoms with van der Waals surface area (Å²) < 4.78 is 0. The number of benzene rings is 1. The number of hydrogen-bond acceptors (Lipinski definition) is 1. The first-order chi connectivity index (χ1) is 7.75. The fourth-order valence-corrected chi connectivity index (χ4v) is 2.53. The van der Waals surface area contributed by atoms with E-state index < -0.39 is 0 Å². The number of hydrogen-bond donors (Lipinski definition) is 1. The average molecular weight is 234 g/mol. The fourth-order valence-electron chi connectivity index (χ4n) is 2.53. The topological polar surface area (TPSA) is 20.2 Å². The molecule has 0 saturated heterocycles. The van der Waals surface area contributed by atoms with Crippen LogP contribution in [0.25, 0.3) is 0 Å². The Hall–Kier alpha value is -0.980. The number of phenols is 1. The van der Waals surface area contributed by atoms with Crippen LogP contribution in [0.1, 0.15) is 50.8 Å². The summed E-state index contributed by atoms with van der Waals surface area (Å²) in [6, 6.07) is 4.16. The van der Waals surface area contributed by atoms with Crippen LogP contribution >= 0.6 is 0 Å². The standard InChI is InChI=1S/C16H26O/c1-7-14(16(4,5)6)10-13-9-11(2)8-12(3)15(13)17/h8-9,14,17H,7,10H2,1-6H3. The van der Waals surface area contributed by atoms with E-state index in [0.717, 1.165) is 24.0 Å². The SMILES string of the molecule is CCC(Cc1cc(C)cc(C)c1O)C(C)(C)C. The molecule has 0 aliphatic rings. The van der Waals surface area contributed by atoms with Crippen LogP contribution in [0.5, 0.6) is 5.75 Å². The smallest absolute Gasteiger partial charge is 0.121 e. The van der Waals surface area contributed by atoms with Crippen molar-refractivity contribution < 1.29 is 5.11 Å². The predicted molar refractivity (Wildman–Crippen MR) is 74.5 cm³/mol. The van der Waals surface area contributed by atoms with Crippen molar-refractivity contribution in [3.63, 3.8) is 0 Å². The minimum atomic E-state index is 0.291. The molecule has 0 aromatic heterocycles. The summed E-state index contributed by atoms with van der Waals surface area (Å²) in [6.07, 6.45) is 2.12. The number of phenolic OH excluding ortho intramolecular Hbond substituents is 1. The molecule has 1 heteroatoms. The third kappa shape index (κ3) is 3.49. The molecule has 0 aliphatic heterocycles.